The Balaban J connectivity index is 2.11. The lowest BCUT2D eigenvalue weighted by molar-refractivity contribution is 0.0687. The summed E-state index contributed by atoms with van der Waals surface area (Å²) in [5.41, 5.74) is 0.753. The van der Waals surface area contributed by atoms with Gasteiger partial charge in [0.25, 0.3) is 5.91 Å². The highest BCUT2D eigenvalue weighted by Gasteiger charge is 2.24. The molecule has 0 unspecified atom stereocenters. The summed E-state index contributed by atoms with van der Waals surface area (Å²) in [6.45, 7) is 5.78. The summed E-state index contributed by atoms with van der Waals surface area (Å²) in [7, 11) is 0. The van der Waals surface area contributed by atoms with Gasteiger partial charge in [0.2, 0.25) is 0 Å². The number of carbonyl (C=O) groups excluding carboxylic acids is 1. The van der Waals surface area contributed by atoms with E-state index in [0.29, 0.717) is 10.8 Å². The molecule has 82 valence electrons. The van der Waals surface area contributed by atoms with Crippen LogP contribution in [0.5, 0.6) is 0 Å². The SMILES string of the molecule is Cc1nnsc1C(=O)N1CCC[C@@H](C)C1. The van der Waals surface area contributed by atoms with E-state index in [4.69, 9.17) is 0 Å². The van der Waals surface area contributed by atoms with Crippen LogP contribution in [0, 0.1) is 12.8 Å². The van der Waals surface area contributed by atoms with Gasteiger partial charge in [-0.2, -0.15) is 0 Å². The van der Waals surface area contributed by atoms with E-state index in [1.54, 1.807) is 0 Å². The molecular formula is C10H15N3OS. The molecule has 2 rings (SSSR count). The smallest absolute Gasteiger partial charge is 0.267 e. The molecule has 1 aliphatic rings. The average molecular weight is 225 g/mol. The van der Waals surface area contributed by atoms with Crippen LogP contribution in [0.25, 0.3) is 0 Å². The van der Waals surface area contributed by atoms with Crippen molar-refractivity contribution < 1.29 is 4.79 Å². The number of hydrogen-bond acceptors (Lipinski definition) is 4. The fraction of sp³-hybridized carbons (Fsp3) is 0.700. The fourth-order valence-electron chi connectivity index (χ4n) is 1.95. The average Bonchev–Trinajstić information content (AvgIpc) is 2.63. The van der Waals surface area contributed by atoms with Gasteiger partial charge in [-0.1, -0.05) is 11.4 Å². The van der Waals surface area contributed by atoms with Gasteiger partial charge in [0.05, 0.1) is 5.69 Å². The van der Waals surface area contributed by atoms with Gasteiger partial charge in [-0.3, -0.25) is 4.79 Å². The minimum absolute atomic E-state index is 0.106. The zero-order valence-corrected chi connectivity index (χ0v) is 9.88. The third-order valence-corrected chi connectivity index (χ3v) is 3.61. The van der Waals surface area contributed by atoms with E-state index in [-0.39, 0.29) is 5.91 Å². The van der Waals surface area contributed by atoms with Gasteiger partial charge in [0.1, 0.15) is 4.88 Å². The van der Waals surface area contributed by atoms with Crippen molar-refractivity contribution in [3.05, 3.63) is 10.6 Å². The summed E-state index contributed by atoms with van der Waals surface area (Å²) >= 11 is 1.20. The third kappa shape index (κ3) is 2.17. The van der Waals surface area contributed by atoms with Gasteiger partial charge in [0.15, 0.2) is 0 Å². The van der Waals surface area contributed by atoms with Crippen molar-refractivity contribution in [1.29, 1.82) is 0 Å². The normalized spacial score (nSPS) is 21.7. The summed E-state index contributed by atoms with van der Waals surface area (Å²) in [6, 6.07) is 0. The Morgan fingerprint density at radius 2 is 2.40 bits per heavy atom. The zero-order chi connectivity index (χ0) is 10.8. The van der Waals surface area contributed by atoms with Gasteiger partial charge < -0.3 is 4.90 Å². The lowest BCUT2D eigenvalue weighted by atomic mass is 10.0. The van der Waals surface area contributed by atoms with Crippen molar-refractivity contribution >= 4 is 17.4 Å². The first-order chi connectivity index (χ1) is 7.18. The zero-order valence-electron chi connectivity index (χ0n) is 9.06. The van der Waals surface area contributed by atoms with Crippen LogP contribution in [0.4, 0.5) is 0 Å². The molecule has 1 aliphatic heterocycles. The summed E-state index contributed by atoms with van der Waals surface area (Å²) < 4.78 is 3.80. The van der Waals surface area contributed by atoms with Crippen molar-refractivity contribution in [3.63, 3.8) is 0 Å². The summed E-state index contributed by atoms with van der Waals surface area (Å²) in [5, 5.41) is 3.87. The number of rotatable bonds is 1. The second-order valence-electron chi connectivity index (χ2n) is 4.19. The molecule has 0 N–H and O–H groups in total. The molecule has 0 bridgehead atoms. The molecule has 1 saturated heterocycles. The Kier molecular flexibility index (Phi) is 3.00. The molecule has 0 aliphatic carbocycles. The molecule has 1 amide bonds. The standard InChI is InChI=1S/C10H15N3OS/c1-7-4-3-5-13(6-7)10(14)9-8(2)11-12-15-9/h7H,3-6H2,1-2H3/t7-/m1/s1. The topological polar surface area (TPSA) is 46.1 Å². The number of likely N-dealkylation sites (tertiary alicyclic amines) is 1. The Labute approximate surface area is 93.5 Å². The minimum atomic E-state index is 0.106. The highest BCUT2D eigenvalue weighted by Crippen LogP contribution is 2.20. The first kappa shape index (κ1) is 10.5. The van der Waals surface area contributed by atoms with Crippen molar-refractivity contribution in [2.45, 2.75) is 26.7 Å². The first-order valence-electron chi connectivity index (χ1n) is 5.26. The minimum Gasteiger partial charge on any atom is -0.338 e. The van der Waals surface area contributed by atoms with E-state index in [9.17, 15) is 4.79 Å². The summed E-state index contributed by atoms with van der Waals surface area (Å²) in [6.07, 6.45) is 2.34. The van der Waals surface area contributed by atoms with Gasteiger partial charge in [0, 0.05) is 13.1 Å². The predicted octanol–water partition coefficient (Wildman–Crippen LogP) is 1.72. The second kappa shape index (κ2) is 4.26. The summed E-state index contributed by atoms with van der Waals surface area (Å²) in [4.78, 5) is 14.7. The van der Waals surface area contributed by atoms with Gasteiger partial charge in [-0.05, 0) is 37.2 Å². The first-order valence-corrected chi connectivity index (χ1v) is 6.04. The second-order valence-corrected chi connectivity index (χ2v) is 4.94. The lowest BCUT2D eigenvalue weighted by Gasteiger charge is -2.30. The Morgan fingerprint density at radius 1 is 1.60 bits per heavy atom. The number of aryl methyl sites for hydroxylation is 1. The molecule has 0 saturated carbocycles. The molecule has 1 aromatic heterocycles. The number of carbonyl (C=O) groups is 1. The third-order valence-electron chi connectivity index (χ3n) is 2.79. The Bertz CT molecular complexity index is 363. The number of piperidine rings is 1. The molecule has 4 nitrogen and oxygen atoms in total. The van der Waals surface area contributed by atoms with Crippen molar-refractivity contribution in [3.8, 4) is 0 Å². The van der Waals surface area contributed by atoms with E-state index in [1.165, 1.54) is 18.0 Å². The molecule has 2 heterocycles. The molecule has 5 heteroatoms. The van der Waals surface area contributed by atoms with Gasteiger partial charge in [-0.25, -0.2) is 0 Å². The van der Waals surface area contributed by atoms with Crippen LogP contribution in [-0.2, 0) is 0 Å². The van der Waals surface area contributed by atoms with E-state index in [1.807, 2.05) is 11.8 Å². The maximum Gasteiger partial charge on any atom is 0.267 e. The highest BCUT2D eigenvalue weighted by molar-refractivity contribution is 7.07. The molecule has 0 spiro atoms. The molecular weight excluding hydrogens is 210 g/mol. The molecule has 0 radical (unpaired) electrons. The van der Waals surface area contributed by atoms with Gasteiger partial charge in [-0.15, -0.1) is 5.10 Å². The lowest BCUT2D eigenvalue weighted by Crippen LogP contribution is -2.39. The van der Waals surface area contributed by atoms with Crippen LogP contribution in [0.3, 0.4) is 0 Å². The number of nitrogens with zero attached hydrogens (tertiary/aromatic N) is 3. The predicted molar refractivity (Wildman–Crippen MR) is 58.9 cm³/mol. The maximum absolute atomic E-state index is 12.1. The number of aromatic nitrogens is 2. The van der Waals surface area contributed by atoms with Crippen molar-refractivity contribution in [2.75, 3.05) is 13.1 Å². The van der Waals surface area contributed by atoms with E-state index in [0.717, 1.165) is 25.2 Å². The van der Waals surface area contributed by atoms with Crippen LogP contribution in [0.1, 0.15) is 35.1 Å². The quantitative estimate of drug-likeness (QED) is 0.731. The summed E-state index contributed by atoms with van der Waals surface area (Å²) in [5.74, 6) is 0.720. The van der Waals surface area contributed by atoms with Gasteiger partial charge >= 0.3 is 0 Å². The van der Waals surface area contributed by atoms with E-state index in [2.05, 4.69) is 16.5 Å². The Morgan fingerprint density at radius 3 is 3.00 bits per heavy atom. The van der Waals surface area contributed by atoms with E-state index >= 15 is 0 Å². The molecule has 0 aromatic carbocycles. The van der Waals surface area contributed by atoms with Crippen LogP contribution < -0.4 is 0 Å². The van der Waals surface area contributed by atoms with Crippen molar-refractivity contribution in [2.24, 2.45) is 5.92 Å². The largest absolute Gasteiger partial charge is 0.338 e. The molecule has 1 aromatic rings. The van der Waals surface area contributed by atoms with Crippen LogP contribution in [0.15, 0.2) is 0 Å². The van der Waals surface area contributed by atoms with Crippen molar-refractivity contribution in [1.82, 2.24) is 14.5 Å². The molecule has 1 fully saturated rings. The molecule has 15 heavy (non-hydrogen) atoms. The number of amides is 1. The Hall–Kier alpha value is -0.970. The monoisotopic (exact) mass is 225 g/mol. The number of hydrogen-bond donors (Lipinski definition) is 0. The fourth-order valence-corrected chi connectivity index (χ4v) is 2.57. The van der Waals surface area contributed by atoms with Crippen LogP contribution >= 0.6 is 11.5 Å². The van der Waals surface area contributed by atoms with Crippen LogP contribution in [0.2, 0.25) is 0 Å². The molecule has 1 atom stereocenters. The highest BCUT2D eigenvalue weighted by atomic mass is 32.1. The maximum atomic E-state index is 12.1. The van der Waals surface area contributed by atoms with Crippen LogP contribution in [-0.4, -0.2) is 33.5 Å². The van der Waals surface area contributed by atoms with E-state index < -0.39 is 0 Å².